The quantitative estimate of drug-likeness (QED) is 0.369. The Balaban J connectivity index is 1.68. The highest BCUT2D eigenvalue weighted by atomic mass is 35.5. The summed E-state index contributed by atoms with van der Waals surface area (Å²) in [5, 5.41) is 2.71. The molecule has 1 aromatic heterocycles. The van der Waals surface area contributed by atoms with Crippen molar-refractivity contribution >= 4 is 17.4 Å². The number of Topliss-reactive ketones (excluding diaryl/α,β-unsaturated/α-hetero) is 1. The van der Waals surface area contributed by atoms with Gasteiger partial charge >= 0.3 is 18.2 Å². The summed E-state index contributed by atoms with van der Waals surface area (Å²) in [4.78, 5) is 15.4. The maximum atomic E-state index is 12.9. The normalized spacial score (nSPS) is 12.1. The van der Waals surface area contributed by atoms with Crippen molar-refractivity contribution in [3.8, 4) is 17.1 Å². The first-order chi connectivity index (χ1) is 13.9. The third kappa shape index (κ3) is 4.90. The lowest BCUT2D eigenvalue weighted by Gasteiger charge is -2.11. The molecule has 0 aliphatic carbocycles. The van der Waals surface area contributed by atoms with Crippen molar-refractivity contribution in [3.63, 3.8) is 0 Å². The van der Waals surface area contributed by atoms with Crippen LogP contribution in [0.5, 0.6) is 5.75 Å². The van der Waals surface area contributed by atoms with Crippen molar-refractivity contribution in [2.75, 3.05) is 6.61 Å². The van der Waals surface area contributed by atoms with E-state index in [9.17, 15) is 31.1 Å². The highest BCUT2D eigenvalue weighted by Crippen LogP contribution is 2.36. The summed E-state index contributed by atoms with van der Waals surface area (Å²) in [6.07, 6.45) is -9.47. The van der Waals surface area contributed by atoms with Crippen molar-refractivity contribution in [1.29, 1.82) is 0 Å². The molecule has 0 N–H and O–H groups in total. The fourth-order valence-corrected chi connectivity index (χ4v) is 2.53. The molecular formula is C18H9ClF6N2O3. The van der Waals surface area contributed by atoms with Crippen LogP contribution in [0.3, 0.4) is 0 Å². The van der Waals surface area contributed by atoms with Gasteiger partial charge < -0.3 is 9.26 Å². The molecule has 3 rings (SSSR count). The van der Waals surface area contributed by atoms with Gasteiger partial charge in [-0.1, -0.05) is 41.0 Å². The van der Waals surface area contributed by atoms with Gasteiger partial charge in [-0.25, -0.2) is 0 Å². The molecular weight excluding hydrogens is 442 g/mol. The van der Waals surface area contributed by atoms with E-state index in [4.69, 9.17) is 16.3 Å². The summed E-state index contributed by atoms with van der Waals surface area (Å²) < 4.78 is 85.3. The number of benzene rings is 2. The third-order valence-electron chi connectivity index (χ3n) is 3.75. The van der Waals surface area contributed by atoms with Gasteiger partial charge in [0.1, 0.15) is 5.75 Å². The van der Waals surface area contributed by atoms with E-state index in [1.165, 1.54) is 30.3 Å². The van der Waals surface area contributed by atoms with E-state index < -0.39 is 41.2 Å². The number of rotatable bonds is 5. The predicted octanol–water partition coefficient (Wildman–Crippen LogP) is 5.69. The molecule has 0 fully saturated rings. The summed E-state index contributed by atoms with van der Waals surface area (Å²) in [6.45, 7) is -0.571. The highest BCUT2D eigenvalue weighted by Gasteiger charge is 2.38. The molecule has 12 heteroatoms. The molecule has 0 saturated carbocycles. The third-order valence-corrected chi connectivity index (χ3v) is 4.08. The second kappa shape index (κ2) is 7.98. The van der Waals surface area contributed by atoms with E-state index in [-0.39, 0.29) is 22.7 Å². The fraction of sp³-hybridized carbons (Fsp3) is 0.167. The molecule has 0 spiro atoms. The largest absolute Gasteiger partial charge is 0.485 e. The second-order valence-corrected chi connectivity index (χ2v) is 6.26. The summed E-state index contributed by atoms with van der Waals surface area (Å²) in [7, 11) is 0. The SMILES string of the molecule is O=C(COc1ccc(Cl)c(C(F)(F)F)c1)c1ccc(-c2noc(C(F)(F)F)n2)cc1. The van der Waals surface area contributed by atoms with Gasteiger partial charge in [-0.3, -0.25) is 4.79 Å². The number of ether oxygens (including phenoxy) is 1. The van der Waals surface area contributed by atoms with Crippen molar-refractivity contribution < 1.29 is 40.4 Å². The topological polar surface area (TPSA) is 65.2 Å². The van der Waals surface area contributed by atoms with Gasteiger partial charge in [0.15, 0.2) is 12.4 Å². The minimum atomic E-state index is -4.79. The van der Waals surface area contributed by atoms with E-state index >= 15 is 0 Å². The van der Waals surface area contributed by atoms with Gasteiger partial charge in [-0.15, -0.1) is 0 Å². The van der Waals surface area contributed by atoms with Crippen LogP contribution < -0.4 is 4.74 Å². The standard InChI is InChI=1S/C18H9ClF6N2O3/c19-13-6-5-11(7-12(13)17(20,21)22)29-8-14(28)9-1-3-10(4-2-9)15-26-16(30-27-15)18(23,24)25/h1-7H,8H2. The average Bonchev–Trinajstić information content (AvgIpc) is 3.17. The number of carbonyl (C=O) groups excluding carboxylic acids is 1. The second-order valence-electron chi connectivity index (χ2n) is 5.85. The summed E-state index contributed by atoms with van der Waals surface area (Å²) >= 11 is 5.51. The Morgan fingerprint density at radius 1 is 1.00 bits per heavy atom. The first kappa shape index (κ1) is 21.6. The molecule has 158 valence electrons. The lowest BCUT2D eigenvalue weighted by atomic mass is 10.1. The molecule has 0 radical (unpaired) electrons. The molecule has 0 unspecified atom stereocenters. The fourth-order valence-electron chi connectivity index (χ4n) is 2.30. The Morgan fingerprint density at radius 2 is 1.67 bits per heavy atom. The Hall–Kier alpha value is -3.08. The number of carbonyl (C=O) groups is 1. The summed E-state index contributed by atoms with van der Waals surface area (Å²) in [5.41, 5.74) is -0.820. The van der Waals surface area contributed by atoms with Gasteiger partial charge in [-0.05, 0) is 18.2 Å². The maximum absolute atomic E-state index is 12.9. The Bertz CT molecular complexity index is 1060. The molecule has 0 aliphatic rings. The number of halogens is 7. The van der Waals surface area contributed by atoms with Crippen LogP contribution in [0.25, 0.3) is 11.4 Å². The molecule has 0 amide bonds. The zero-order valence-corrected chi connectivity index (χ0v) is 15.3. The summed E-state index contributed by atoms with van der Waals surface area (Å²) in [5.74, 6) is -2.61. The van der Waals surface area contributed by atoms with Gasteiger partial charge in [-0.2, -0.15) is 31.3 Å². The molecule has 3 aromatic rings. The Kier molecular flexibility index (Phi) is 5.75. The zero-order chi connectivity index (χ0) is 22.1. The molecule has 1 heterocycles. The van der Waals surface area contributed by atoms with Crippen molar-refractivity contribution in [3.05, 3.63) is 64.5 Å². The highest BCUT2D eigenvalue weighted by molar-refractivity contribution is 6.31. The van der Waals surface area contributed by atoms with Crippen LogP contribution in [0.4, 0.5) is 26.3 Å². The maximum Gasteiger partial charge on any atom is 0.471 e. The minimum Gasteiger partial charge on any atom is -0.485 e. The van der Waals surface area contributed by atoms with E-state index in [0.717, 1.165) is 6.07 Å². The number of hydrogen-bond acceptors (Lipinski definition) is 5. The first-order valence-corrected chi connectivity index (χ1v) is 8.37. The van der Waals surface area contributed by atoms with Crippen LogP contribution in [-0.2, 0) is 12.4 Å². The monoisotopic (exact) mass is 450 g/mol. The zero-order valence-electron chi connectivity index (χ0n) is 14.5. The average molecular weight is 451 g/mol. The van der Waals surface area contributed by atoms with E-state index in [1.54, 1.807) is 0 Å². The molecule has 0 aliphatic heterocycles. The smallest absolute Gasteiger partial charge is 0.471 e. The van der Waals surface area contributed by atoms with Crippen LogP contribution in [0.15, 0.2) is 47.0 Å². The van der Waals surface area contributed by atoms with Crippen LogP contribution >= 0.6 is 11.6 Å². The van der Waals surface area contributed by atoms with Crippen molar-refractivity contribution in [2.45, 2.75) is 12.4 Å². The Morgan fingerprint density at radius 3 is 2.23 bits per heavy atom. The lowest BCUT2D eigenvalue weighted by Crippen LogP contribution is -2.12. The van der Waals surface area contributed by atoms with Gasteiger partial charge in [0.2, 0.25) is 5.82 Å². The molecule has 0 saturated heterocycles. The van der Waals surface area contributed by atoms with Crippen LogP contribution in [0.2, 0.25) is 5.02 Å². The van der Waals surface area contributed by atoms with Gasteiger partial charge in [0.05, 0.1) is 10.6 Å². The van der Waals surface area contributed by atoms with Crippen molar-refractivity contribution in [2.24, 2.45) is 0 Å². The molecule has 30 heavy (non-hydrogen) atoms. The van der Waals surface area contributed by atoms with Crippen LogP contribution in [0.1, 0.15) is 21.8 Å². The van der Waals surface area contributed by atoms with Gasteiger partial charge in [0.25, 0.3) is 0 Å². The summed E-state index contributed by atoms with van der Waals surface area (Å²) in [6, 6.07) is 8.01. The lowest BCUT2D eigenvalue weighted by molar-refractivity contribution is -0.159. The van der Waals surface area contributed by atoms with Gasteiger partial charge in [0, 0.05) is 11.1 Å². The molecule has 5 nitrogen and oxygen atoms in total. The van der Waals surface area contributed by atoms with E-state index in [2.05, 4.69) is 14.7 Å². The molecule has 0 bridgehead atoms. The van der Waals surface area contributed by atoms with Crippen LogP contribution in [-0.4, -0.2) is 22.5 Å². The molecule has 2 aromatic carbocycles. The number of aromatic nitrogens is 2. The van der Waals surface area contributed by atoms with Crippen LogP contribution in [0, 0.1) is 0 Å². The van der Waals surface area contributed by atoms with E-state index in [1.807, 2.05) is 0 Å². The minimum absolute atomic E-state index is 0.114. The number of alkyl halides is 6. The Labute approximate surface area is 169 Å². The number of ketones is 1. The molecule has 0 atom stereocenters. The van der Waals surface area contributed by atoms with E-state index in [0.29, 0.717) is 6.07 Å². The van der Waals surface area contributed by atoms with Crippen molar-refractivity contribution in [1.82, 2.24) is 10.1 Å². The predicted molar refractivity (Wildman–Crippen MR) is 91.0 cm³/mol. The first-order valence-electron chi connectivity index (χ1n) is 7.99. The number of nitrogens with zero attached hydrogens (tertiary/aromatic N) is 2. The number of hydrogen-bond donors (Lipinski definition) is 0.